The SMILES string of the molecule is COc1ccc(NCc2c(C)nn(C)c2C)c([N+](=O)[O-])c1. The molecule has 0 amide bonds. The Bertz CT molecular complexity index is 679. The van der Waals surface area contributed by atoms with Gasteiger partial charge in [0.1, 0.15) is 11.4 Å². The van der Waals surface area contributed by atoms with Crippen molar-refractivity contribution in [2.45, 2.75) is 20.4 Å². The van der Waals surface area contributed by atoms with Crippen LogP contribution in [-0.4, -0.2) is 21.8 Å². The van der Waals surface area contributed by atoms with E-state index < -0.39 is 4.92 Å². The topological polar surface area (TPSA) is 82.2 Å². The first-order valence-electron chi connectivity index (χ1n) is 6.49. The molecule has 1 aromatic heterocycles. The third kappa shape index (κ3) is 2.96. The summed E-state index contributed by atoms with van der Waals surface area (Å²) in [7, 11) is 3.36. The fourth-order valence-corrected chi connectivity index (χ4v) is 2.20. The molecule has 2 rings (SSSR count). The molecular weight excluding hydrogens is 272 g/mol. The molecule has 112 valence electrons. The van der Waals surface area contributed by atoms with E-state index in [4.69, 9.17) is 4.74 Å². The molecule has 1 aromatic carbocycles. The van der Waals surface area contributed by atoms with Crippen molar-refractivity contribution in [3.05, 3.63) is 45.3 Å². The smallest absolute Gasteiger partial charge is 0.296 e. The van der Waals surface area contributed by atoms with Gasteiger partial charge in [-0.05, 0) is 26.0 Å². The zero-order valence-corrected chi connectivity index (χ0v) is 12.5. The van der Waals surface area contributed by atoms with Crippen molar-refractivity contribution in [2.24, 2.45) is 7.05 Å². The number of aromatic nitrogens is 2. The Morgan fingerprint density at radius 3 is 2.67 bits per heavy atom. The summed E-state index contributed by atoms with van der Waals surface area (Å²) in [5.41, 5.74) is 3.45. The number of rotatable bonds is 5. The number of methoxy groups -OCH3 is 1. The molecule has 0 saturated carbocycles. The van der Waals surface area contributed by atoms with E-state index >= 15 is 0 Å². The van der Waals surface area contributed by atoms with Crippen LogP contribution in [0.3, 0.4) is 0 Å². The number of nitro groups is 1. The lowest BCUT2D eigenvalue weighted by molar-refractivity contribution is -0.384. The minimum atomic E-state index is -0.423. The van der Waals surface area contributed by atoms with Gasteiger partial charge in [0.2, 0.25) is 0 Å². The second-order valence-corrected chi connectivity index (χ2v) is 4.77. The molecular formula is C14H18N4O3. The average Bonchev–Trinajstić information content (AvgIpc) is 2.70. The van der Waals surface area contributed by atoms with E-state index in [-0.39, 0.29) is 5.69 Å². The van der Waals surface area contributed by atoms with Gasteiger partial charge >= 0.3 is 0 Å². The fourth-order valence-electron chi connectivity index (χ4n) is 2.20. The summed E-state index contributed by atoms with van der Waals surface area (Å²) < 4.78 is 6.82. The van der Waals surface area contributed by atoms with Gasteiger partial charge in [0.25, 0.3) is 5.69 Å². The van der Waals surface area contributed by atoms with Crippen molar-refractivity contribution < 1.29 is 9.66 Å². The van der Waals surface area contributed by atoms with E-state index in [1.807, 2.05) is 20.9 Å². The third-order valence-corrected chi connectivity index (χ3v) is 3.52. The first-order valence-corrected chi connectivity index (χ1v) is 6.49. The Balaban J connectivity index is 2.25. The highest BCUT2D eigenvalue weighted by atomic mass is 16.6. The van der Waals surface area contributed by atoms with E-state index in [0.29, 0.717) is 18.0 Å². The number of nitrogens with one attached hydrogen (secondary N) is 1. The predicted octanol–water partition coefficient (Wildman–Crippen LogP) is 2.57. The molecule has 0 aliphatic rings. The first kappa shape index (κ1) is 14.8. The lowest BCUT2D eigenvalue weighted by Crippen LogP contribution is -2.05. The van der Waals surface area contributed by atoms with Gasteiger partial charge in [-0.25, -0.2) is 0 Å². The third-order valence-electron chi connectivity index (χ3n) is 3.52. The van der Waals surface area contributed by atoms with Crippen molar-refractivity contribution in [1.29, 1.82) is 0 Å². The maximum atomic E-state index is 11.1. The summed E-state index contributed by atoms with van der Waals surface area (Å²) >= 11 is 0. The molecule has 21 heavy (non-hydrogen) atoms. The van der Waals surface area contributed by atoms with Crippen LogP contribution in [0, 0.1) is 24.0 Å². The van der Waals surface area contributed by atoms with Gasteiger partial charge < -0.3 is 10.1 Å². The predicted molar refractivity (Wildman–Crippen MR) is 79.7 cm³/mol. The highest BCUT2D eigenvalue weighted by Gasteiger charge is 2.16. The molecule has 7 heteroatoms. The van der Waals surface area contributed by atoms with Crippen LogP contribution >= 0.6 is 0 Å². The molecule has 0 atom stereocenters. The minimum Gasteiger partial charge on any atom is -0.496 e. The molecule has 1 heterocycles. The maximum absolute atomic E-state index is 11.1. The minimum absolute atomic E-state index is 0.00598. The fraction of sp³-hybridized carbons (Fsp3) is 0.357. The molecule has 0 bridgehead atoms. The number of benzene rings is 1. The number of ether oxygens (including phenoxy) is 1. The van der Waals surface area contributed by atoms with Crippen LogP contribution in [0.2, 0.25) is 0 Å². The number of hydrogen-bond donors (Lipinski definition) is 1. The standard InChI is InChI=1S/C14H18N4O3/c1-9-12(10(2)17(3)16-9)8-15-13-6-5-11(21-4)7-14(13)18(19)20/h5-7,15H,8H2,1-4H3. The van der Waals surface area contributed by atoms with Crippen molar-refractivity contribution >= 4 is 11.4 Å². The van der Waals surface area contributed by atoms with Crippen LogP contribution in [0.5, 0.6) is 5.75 Å². The molecule has 0 spiro atoms. The molecule has 2 aromatic rings. The summed E-state index contributed by atoms with van der Waals surface area (Å²) in [4.78, 5) is 10.7. The van der Waals surface area contributed by atoms with Crippen LogP contribution in [0.25, 0.3) is 0 Å². The van der Waals surface area contributed by atoms with E-state index in [1.165, 1.54) is 13.2 Å². The van der Waals surface area contributed by atoms with Gasteiger partial charge in [-0.3, -0.25) is 14.8 Å². The second-order valence-electron chi connectivity index (χ2n) is 4.77. The zero-order chi connectivity index (χ0) is 15.6. The van der Waals surface area contributed by atoms with E-state index in [2.05, 4.69) is 10.4 Å². The lowest BCUT2D eigenvalue weighted by Gasteiger charge is -2.09. The maximum Gasteiger partial charge on any atom is 0.296 e. The molecule has 7 nitrogen and oxygen atoms in total. The van der Waals surface area contributed by atoms with Gasteiger partial charge in [-0.1, -0.05) is 0 Å². The Morgan fingerprint density at radius 1 is 1.43 bits per heavy atom. The van der Waals surface area contributed by atoms with Crippen LogP contribution in [-0.2, 0) is 13.6 Å². The number of anilines is 1. The molecule has 0 saturated heterocycles. The Hall–Kier alpha value is -2.57. The van der Waals surface area contributed by atoms with Gasteiger partial charge in [0.15, 0.2) is 0 Å². The summed E-state index contributed by atoms with van der Waals surface area (Å²) in [5, 5.41) is 18.6. The quantitative estimate of drug-likeness (QED) is 0.676. The molecule has 0 aliphatic carbocycles. The largest absolute Gasteiger partial charge is 0.496 e. The van der Waals surface area contributed by atoms with Gasteiger partial charge in [-0.15, -0.1) is 0 Å². The summed E-state index contributed by atoms with van der Waals surface area (Å²) in [6.45, 7) is 4.38. The van der Waals surface area contributed by atoms with Crippen LogP contribution in [0.4, 0.5) is 11.4 Å². The van der Waals surface area contributed by atoms with Gasteiger partial charge in [0, 0.05) is 24.8 Å². The number of hydrogen-bond acceptors (Lipinski definition) is 5. The first-order chi connectivity index (χ1) is 9.93. The zero-order valence-electron chi connectivity index (χ0n) is 12.5. The molecule has 0 aliphatic heterocycles. The highest BCUT2D eigenvalue weighted by Crippen LogP contribution is 2.29. The van der Waals surface area contributed by atoms with Crippen molar-refractivity contribution in [3.8, 4) is 5.75 Å². The second kappa shape index (κ2) is 5.82. The Morgan fingerprint density at radius 2 is 2.14 bits per heavy atom. The van der Waals surface area contributed by atoms with Crippen molar-refractivity contribution in [2.75, 3.05) is 12.4 Å². The molecule has 0 fully saturated rings. The van der Waals surface area contributed by atoms with Crippen molar-refractivity contribution in [3.63, 3.8) is 0 Å². The van der Waals surface area contributed by atoms with Crippen molar-refractivity contribution in [1.82, 2.24) is 9.78 Å². The van der Waals surface area contributed by atoms with Crippen LogP contribution in [0.15, 0.2) is 18.2 Å². The van der Waals surface area contributed by atoms with Crippen LogP contribution < -0.4 is 10.1 Å². The number of nitrogens with zero attached hydrogens (tertiary/aromatic N) is 3. The molecule has 0 unspecified atom stereocenters. The average molecular weight is 290 g/mol. The van der Waals surface area contributed by atoms with Crippen LogP contribution in [0.1, 0.15) is 17.0 Å². The number of aryl methyl sites for hydroxylation is 2. The summed E-state index contributed by atoms with van der Waals surface area (Å²) in [6.07, 6.45) is 0. The molecule has 1 N–H and O–H groups in total. The van der Waals surface area contributed by atoms with E-state index in [1.54, 1.807) is 16.8 Å². The van der Waals surface area contributed by atoms with E-state index in [9.17, 15) is 10.1 Å². The highest BCUT2D eigenvalue weighted by molar-refractivity contribution is 5.64. The summed E-state index contributed by atoms with van der Waals surface area (Å²) in [5.74, 6) is 0.459. The normalized spacial score (nSPS) is 10.5. The summed E-state index contributed by atoms with van der Waals surface area (Å²) in [6, 6.07) is 4.75. The lowest BCUT2D eigenvalue weighted by atomic mass is 10.2. The Kier molecular flexibility index (Phi) is 4.11. The van der Waals surface area contributed by atoms with Gasteiger partial charge in [-0.2, -0.15) is 5.10 Å². The molecule has 0 radical (unpaired) electrons. The number of nitro benzene ring substituents is 1. The van der Waals surface area contributed by atoms with Gasteiger partial charge in [0.05, 0.1) is 23.8 Å². The monoisotopic (exact) mass is 290 g/mol. The Labute approximate surface area is 122 Å². The van der Waals surface area contributed by atoms with E-state index in [0.717, 1.165) is 17.0 Å².